The summed E-state index contributed by atoms with van der Waals surface area (Å²) in [5, 5.41) is 0.782. The fourth-order valence-electron chi connectivity index (χ4n) is 1.48. The minimum absolute atomic E-state index is 0.215. The van der Waals surface area contributed by atoms with Gasteiger partial charge in [0.2, 0.25) is 0 Å². The van der Waals surface area contributed by atoms with Crippen LogP contribution in [0.1, 0.15) is 0 Å². The molecule has 0 aromatic carbocycles. The van der Waals surface area contributed by atoms with E-state index in [0.29, 0.717) is 5.52 Å². The van der Waals surface area contributed by atoms with Crippen molar-refractivity contribution in [3.63, 3.8) is 0 Å². The average molecular weight is 194 g/mol. The number of aryl methyl sites for hydroxylation is 1. The Morgan fingerprint density at radius 2 is 2.54 bits per heavy atom. The van der Waals surface area contributed by atoms with E-state index in [0.717, 1.165) is 23.1 Å². The van der Waals surface area contributed by atoms with Crippen LogP contribution in [0, 0.1) is 0 Å². The molecule has 0 unspecified atom stereocenters. The molecule has 3 heterocycles. The van der Waals surface area contributed by atoms with E-state index in [-0.39, 0.29) is 5.56 Å². The number of hydrogen-bond donors (Lipinski definition) is 1. The number of aromatic amines is 1. The predicted octanol–water partition coefficient (Wildman–Crippen LogP) is 0.225. The minimum atomic E-state index is -0.215. The van der Waals surface area contributed by atoms with E-state index in [4.69, 9.17) is 0 Å². The van der Waals surface area contributed by atoms with Gasteiger partial charge >= 0.3 is 0 Å². The lowest BCUT2D eigenvalue weighted by Crippen LogP contribution is -2.12. The molecule has 0 fully saturated rings. The zero-order valence-corrected chi connectivity index (χ0v) is 7.47. The van der Waals surface area contributed by atoms with Crippen molar-refractivity contribution >= 4 is 22.9 Å². The SMILES string of the molecule is O=c1nc2n(c3nc[nH]c13)CCS2. The summed E-state index contributed by atoms with van der Waals surface area (Å²) in [4.78, 5) is 22.3. The molecule has 0 saturated carbocycles. The van der Waals surface area contributed by atoms with Crippen LogP contribution < -0.4 is 5.56 Å². The monoisotopic (exact) mass is 194 g/mol. The molecular weight excluding hydrogens is 188 g/mol. The Bertz CT molecular complexity index is 529. The first-order valence-electron chi connectivity index (χ1n) is 3.93. The quantitative estimate of drug-likeness (QED) is 0.609. The van der Waals surface area contributed by atoms with E-state index in [1.165, 1.54) is 6.33 Å². The predicted molar refractivity (Wildman–Crippen MR) is 48.9 cm³/mol. The smallest absolute Gasteiger partial charge is 0.299 e. The highest BCUT2D eigenvalue weighted by molar-refractivity contribution is 7.99. The lowest BCUT2D eigenvalue weighted by atomic mass is 10.5. The van der Waals surface area contributed by atoms with Crippen molar-refractivity contribution in [2.45, 2.75) is 11.7 Å². The summed E-state index contributed by atoms with van der Waals surface area (Å²) in [6.07, 6.45) is 1.53. The summed E-state index contributed by atoms with van der Waals surface area (Å²) in [5.41, 5.74) is 1.01. The number of thioether (sulfide) groups is 1. The number of H-pyrrole nitrogens is 1. The molecule has 13 heavy (non-hydrogen) atoms. The van der Waals surface area contributed by atoms with Gasteiger partial charge in [-0.25, -0.2) is 4.98 Å². The van der Waals surface area contributed by atoms with Crippen LogP contribution in [0.4, 0.5) is 0 Å². The summed E-state index contributed by atoms with van der Waals surface area (Å²) in [6.45, 7) is 0.884. The van der Waals surface area contributed by atoms with Gasteiger partial charge in [-0.3, -0.25) is 4.79 Å². The number of hydrogen-bond acceptors (Lipinski definition) is 4. The summed E-state index contributed by atoms with van der Waals surface area (Å²) in [7, 11) is 0. The second-order valence-electron chi connectivity index (χ2n) is 2.80. The van der Waals surface area contributed by atoms with Crippen molar-refractivity contribution in [2.24, 2.45) is 0 Å². The third-order valence-corrected chi connectivity index (χ3v) is 3.02. The highest BCUT2D eigenvalue weighted by Crippen LogP contribution is 2.24. The van der Waals surface area contributed by atoms with Crippen LogP contribution in [-0.2, 0) is 6.54 Å². The van der Waals surface area contributed by atoms with Gasteiger partial charge in [-0.1, -0.05) is 11.8 Å². The molecule has 1 aliphatic heterocycles. The van der Waals surface area contributed by atoms with Gasteiger partial charge in [0, 0.05) is 12.3 Å². The normalized spacial score (nSPS) is 15.1. The van der Waals surface area contributed by atoms with Gasteiger partial charge in [0.25, 0.3) is 5.56 Å². The molecule has 0 radical (unpaired) electrons. The molecule has 1 N–H and O–H groups in total. The van der Waals surface area contributed by atoms with Crippen LogP contribution in [0.15, 0.2) is 16.3 Å². The fourth-order valence-corrected chi connectivity index (χ4v) is 2.42. The van der Waals surface area contributed by atoms with E-state index < -0.39 is 0 Å². The van der Waals surface area contributed by atoms with E-state index in [9.17, 15) is 4.79 Å². The Morgan fingerprint density at radius 1 is 1.62 bits per heavy atom. The highest BCUT2D eigenvalue weighted by atomic mass is 32.2. The third kappa shape index (κ3) is 0.859. The standard InChI is InChI=1S/C7H6N4OS/c12-6-4-5(9-3-8-4)11-1-2-13-7(11)10-6/h3H,1-2H2,(H,8,9). The maximum Gasteiger partial charge on any atom is 0.299 e. The summed E-state index contributed by atoms with van der Waals surface area (Å²) < 4.78 is 1.97. The average Bonchev–Trinajstić information content (AvgIpc) is 2.66. The molecule has 6 heteroatoms. The first-order valence-corrected chi connectivity index (χ1v) is 4.91. The van der Waals surface area contributed by atoms with E-state index in [2.05, 4.69) is 15.0 Å². The number of imidazole rings is 1. The van der Waals surface area contributed by atoms with Crippen LogP contribution in [-0.4, -0.2) is 25.3 Å². The number of nitrogens with one attached hydrogen (secondary N) is 1. The van der Waals surface area contributed by atoms with Crippen molar-refractivity contribution in [1.29, 1.82) is 0 Å². The van der Waals surface area contributed by atoms with Crippen molar-refractivity contribution in [2.75, 3.05) is 5.75 Å². The lowest BCUT2D eigenvalue weighted by molar-refractivity contribution is 0.702. The Morgan fingerprint density at radius 3 is 3.46 bits per heavy atom. The van der Waals surface area contributed by atoms with E-state index in [1.807, 2.05) is 4.57 Å². The number of aromatic nitrogens is 4. The van der Waals surface area contributed by atoms with Gasteiger partial charge in [0.05, 0.1) is 6.33 Å². The molecule has 0 aliphatic carbocycles. The molecule has 0 atom stereocenters. The van der Waals surface area contributed by atoms with Crippen LogP contribution in [0.2, 0.25) is 0 Å². The number of fused-ring (bicyclic) bond motifs is 3. The van der Waals surface area contributed by atoms with Crippen LogP contribution >= 0.6 is 11.8 Å². The van der Waals surface area contributed by atoms with Crippen LogP contribution in [0.5, 0.6) is 0 Å². The van der Waals surface area contributed by atoms with E-state index >= 15 is 0 Å². The topological polar surface area (TPSA) is 63.6 Å². The van der Waals surface area contributed by atoms with Gasteiger partial charge in [-0.2, -0.15) is 4.98 Å². The summed E-state index contributed by atoms with van der Waals surface area (Å²) in [5.74, 6) is 0.971. The second-order valence-corrected chi connectivity index (χ2v) is 3.86. The van der Waals surface area contributed by atoms with E-state index in [1.54, 1.807) is 11.8 Å². The van der Waals surface area contributed by atoms with Crippen molar-refractivity contribution in [1.82, 2.24) is 19.5 Å². The Hall–Kier alpha value is -1.30. The lowest BCUT2D eigenvalue weighted by Gasteiger charge is -2.00. The largest absolute Gasteiger partial charge is 0.339 e. The van der Waals surface area contributed by atoms with Crippen LogP contribution in [0.3, 0.4) is 0 Å². The Balaban J connectivity index is 2.55. The van der Waals surface area contributed by atoms with Gasteiger partial charge in [0.1, 0.15) is 0 Å². The second kappa shape index (κ2) is 2.35. The molecule has 3 rings (SSSR count). The molecule has 0 bridgehead atoms. The molecule has 2 aromatic heterocycles. The molecule has 1 aliphatic rings. The van der Waals surface area contributed by atoms with Gasteiger partial charge in [-0.15, -0.1) is 0 Å². The minimum Gasteiger partial charge on any atom is -0.339 e. The first-order chi connectivity index (χ1) is 6.36. The number of rotatable bonds is 0. The molecular formula is C7H6N4OS. The summed E-state index contributed by atoms with van der Waals surface area (Å²) >= 11 is 1.60. The maximum atomic E-state index is 11.4. The summed E-state index contributed by atoms with van der Waals surface area (Å²) in [6, 6.07) is 0. The number of nitrogens with zero attached hydrogens (tertiary/aromatic N) is 3. The molecule has 0 amide bonds. The Labute approximate surface area is 77.2 Å². The molecule has 5 nitrogen and oxygen atoms in total. The van der Waals surface area contributed by atoms with Crippen molar-refractivity contribution in [3.8, 4) is 0 Å². The van der Waals surface area contributed by atoms with Crippen molar-refractivity contribution in [3.05, 3.63) is 16.7 Å². The zero-order chi connectivity index (χ0) is 8.84. The van der Waals surface area contributed by atoms with Crippen molar-refractivity contribution < 1.29 is 0 Å². The fraction of sp³-hybridized carbons (Fsp3) is 0.286. The van der Waals surface area contributed by atoms with Gasteiger partial charge in [-0.05, 0) is 0 Å². The molecule has 66 valence electrons. The molecule has 0 saturated heterocycles. The Kier molecular flexibility index (Phi) is 1.29. The van der Waals surface area contributed by atoms with Gasteiger partial charge in [0.15, 0.2) is 16.3 Å². The molecule has 2 aromatic rings. The van der Waals surface area contributed by atoms with Crippen LogP contribution in [0.25, 0.3) is 11.2 Å². The third-order valence-electron chi connectivity index (χ3n) is 2.06. The highest BCUT2D eigenvalue weighted by Gasteiger charge is 2.17. The zero-order valence-electron chi connectivity index (χ0n) is 6.65. The first kappa shape index (κ1) is 7.14. The van der Waals surface area contributed by atoms with Gasteiger partial charge < -0.3 is 9.55 Å². The molecule has 0 spiro atoms. The maximum absolute atomic E-state index is 11.4.